The largest absolute Gasteiger partial charge is 0.503 e. The van der Waals surface area contributed by atoms with Crippen molar-refractivity contribution in [2.45, 2.75) is 13.0 Å². The lowest BCUT2D eigenvalue weighted by Crippen LogP contribution is -2.30. The number of thiazole rings is 1. The second kappa shape index (κ2) is 9.74. The van der Waals surface area contributed by atoms with Crippen LogP contribution in [0.15, 0.2) is 76.5 Å². The number of nitrogens with zero attached hydrogens (tertiary/aromatic N) is 2. The fourth-order valence-corrected chi connectivity index (χ4v) is 5.07. The Morgan fingerprint density at radius 2 is 1.91 bits per heavy atom. The summed E-state index contributed by atoms with van der Waals surface area (Å²) in [4.78, 5) is 44.4. The predicted molar refractivity (Wildman–Crippen MR) is 133 cm³/mol. The number of carbonyl (C=O) groups excluding carboxylic acids is 3. The second-order valence-corrected chi connectivity index (χ2v) is 9.30. The van der Waals surface area contributed by atoms with Crippen molar-refractivity contribution in [2.24, 2.45) is 0 Å². The normalized spacial score (nSPS) is 15.9. The van der Waals surface area contributed by atoms with E-state index >= 15 is 0 Å². The van der Waals surface area contributed by atoms with Gasteiger partial charge in [0.05, 0.1) is 24.4 Å². The number of aromatic nitrogens is 1. The molecule has 1 atom stereocenters. The van der Waals surface area contributed by atoms with E-state index in [0.717, 1.165) is 21.4 Å². The fraction of sp³-hybridized carbons (Fsp3) is 0.120. The summed E-state index contributed by atoms with van der Waals surface area (Å²) in [6.07, 6.45) is 2.95. The molecule has 0 spiro atoms. The number of benzene rings is 2. The molecule has 0 bridgehead atoms. The molecule has 1 aliphatic rings. The second-order valence-electron chi connectivity index (χ2n) is 7.41. The third-order valence-corrected chi connectivity index (χ3v) is 6.86. The number of anilines is 1. The van der Waals surface area contributed by atoms with E-state index in [1.54, 1.807) is 31.2 Å². The summed E-state index contributed by atoms with van der Waals surface area (Å²) < 4.78 is 5.54. The SMILES string of the molecule is COC(=O)c1sc(N2C(=O)C(O)=C(C(=O)/C=C/c3ccccc3)C2c2cccc(Br)c2)nc1C. The van der Waals surface area contributed by atoms with Crippen molar-refractivity contribution in [2.75, 3.05) is 12.0 Å². The molecule has 1 amide bonds. The molecule has 0 fully saturated rings. The Morgan fingerprint density at radius 1 is 1.18 bits per heavy atom. The number of ether oxygens (including phenoxy) is 1. The standard InChI is InChI=1S/C25H19BrN2O5S/c1-14-22(24(32)33-2)34-25(27-14)28-20(16-9-6-10-17(26)13-16)19(21(30)23(28)31)18(29)12-11-15-7-4-3-5-8-15/h3-13,20,30H,1-2H3/b12-11+. The molecule has 1 N–H and O–H groups in total. The zero-order chi connectivity index (χ0) is 24.4. The summed E-state index contributed by atoms with van der Waals surface area (Å²) in [5.74, 6) is -2.51. The van der Waals surface area contributed by atoms with Gasteiger partial charge in [-0.15, -0.1) is 0 Å². The van der Waals surface area contributed by atoms with E-state index < -0.39 is 29.5 Å². The van der Waals surface area contributed by atoms with Gasteiger partial charge in [0.15, 0.2) is 16.7 Å². The van der Waals surface area contributed by atoms with E-state index in [9.17, 15) is 19.5 Å². The minimum atomic E-state index is -0.936. The van der Waals surface area contributed by atoms with Crippen LogP contribution in [0.1, 0.15) is 32.5 Å². The summed E-state index contributed by atoms with van der Waals surface area (Å²) in [6.45, 7) is 1.63. The number of halogens is 1. The van der Waals surface area contributed by atoms with Crippen LogP contribution in [-0.4, -0.2) is 34.9 Å². The van der Waals surface area contributed by atoms with Crippen LogP contribution >= 0.6 is 27.3 Å². The molecule has 1 aromatic heterocycles. The molecule has 0 saturated heterocycles. The number of aliphatic hydroxyl groups is 1. The van der Waals surface area contributed by atoms with Gasteiger partial charge in [-0.25, -0.2) is 9.78 Å². The topological polar surface area (TPSA) is 96.8 Å². The van der Waals surface area contributed by atoms with Gasteiger partial charge < -0.3 is 9.84 Å². The quantitative estimate of drug-likeness (QED) is 0.343. The number of carbonyl (C=O) groups is 3. The van der Waals surface area contributed by atoms with Crippen molar-refractivity contribution in [3.8, 4) is 0 Å². The van der Waals surface area contributed by atoms with E-state index in [1.807, 2.05) is 36.4 Å². The van der Waals surface area contributed by atoms with E-state index in [-0.39, 0.29) is 15.6 Å². The number of aryl methyl sites for hydroxylation is 1. The number of ketones is 1. The average molecular weight is 539 g/mol. The molecule has 1 unspecified atom stereocenters. The maximum atomic E-state index is 13.3. The first-order chi connectivity index (χ1) is 16.3. The van der Waals surface area contributed by atoms with Gasteiger partial charge in [0, 0.05) is 4.47 Å². The van der Waals surface area contributed by atoms with E-state index in [4.69, 9.17) is 4.74 Å². The maximum Gasteiger partial charge on any atom is 0.350 e. The first-order valence-electron chi connectivity index (χ1n) is 10.2. The molecule has 0 radical (unpaired) electrons. The highest BCUT2D eigenvalue weighted by atomic mass is 79.9. The molecule has 4 rings (SSSR count). The van der Waals surface area contributed by atoms with Crippen LogP contribution in [0.2, 0.25) is 0 Å². The van der Waals surface area contributed by atoms with Gasteiger partial charge in [0.2, 0.25) is 0 Å². The number of rotatable bonds is 6. The third kappa shape index (κ3) is 4.44. The van der Waals surface area contributed by atoms with Gasteiger partial charge in [-0.05, 0) is 36.3 Å². The Hall–Kier alpha value is -3.56. The Bertz CT molecular complexity index is 1350. The molecular weight excluding hydrogens is 520 g/mol. The van der Waals surface area contributed by atoms with E-state index in [2.05, 4.69) is 20.9 Å². The Labute approximate surface area is 208 Å². The van der Waals surface area contributed by atoms with Gasteiger partial charge in [0.25, 0.3) is 5.91 Å². The lowest BCUT2D eigenvalue weighted by atomic mass is 9.96. The van der Waals surface area contributed by atoms with Crippen LogP contribution in [0.25, 0.3) is 6.08 Å². The summed E-state index contributed by atoms with van der Waals surface area (Å²) in [6, 6.07) is 15.4. The van der Waals surface area contributed by atoms with Crippen LogP contribution in [0.3, 0.4) is 0 Å². The van der Waals surface area contributed by atoms with Gasteiger partial charge >= 0.3 is 5.97 Å². The lowest BCUT2D eigenvalue weighted by Gasteiger charge is -2.24. The van der Waals surface area contributed by atoms with Crippen molar-refractivity contribution >= 4 is 56.1 Å². The Balaban J connectivity index is 1.81. The molecule has 0 aliphatic carbocycles. The summed E-state index contributed by atoms with van der Waals surface area (Å²) >= 11 is 4.39. The molecule has 0 saturated carbocycles. The van der Waals surface area contributed by atoms with E-state index in [1.165, 1.54) is 18.1 Å². The number of hydrogen-bond acceptors (Lipinski definition) is 7. The molecule has 9 heteroatoms. The van der Waals surface area contributed by atoms with Crippen molar-refractivity contribution in [3.05, 3.63) is 98.2 Å². The molecule has 2 aromatic carbocycles. The molecule has 172 valence electrons. The Kier molecular flexibility index (Phi) is 6.76. The molecular formula is C25H19BrN2O5S. The number of hydrogen-bond donors (Lipinski definition) is 1. The van der Waals surface area contributed by atoms with Crippen LogP contribution in [-0.2, 0) is 14.3 Å². The minimum Gasteiger partial charge on any atom is -0.503 e. The van der Waals surface area contributed by atoms with Crippen LogP contribution in [0, 0.1) is 6.92 Å². The van der Waals surface area contributed by atoms with Crippen LogP contribution in [0.5, 0.6) is 0 Å². The fourth-order valence-electron chi connectivity index (χ4n) is 3.64. The Morgan fingerprint density at radius 3 is 2.59 bits per heavy atom. The first kappa shape index (κ1) is 23.6. The van der Waals surface area contributed by atoms with Crippen molar-refractivity contribution in [1.29, 1.82) is 0 Å². The number of aliphatic hydroxyl groups excluding tert-OH is 1. The van der Waals surface area contributed by atoms with Crippen LogP contribution in [0.4, 0.5) is 5.13 Å². The lowest BCUT2D eigenvalue weighted by molar-refractivity contribution is -0.117. The van der Waals surface area contributed by atoms with Crippen molar-refractivity contribution in [1.82, 2.24) is 4.98 Å². The van der Waals surface area contributed by atoms with Gasteiger partial charge in [0.1, 0.15) is 4.88 Å². The minimum absolute atomic E-state index is 0.0669. The van der Waals surface area contributed by atoms with Gasteiger partial charge in [-0.3, -0.25) is 14.5 Å². The van der Waals surface area contributed by atoms with Crippen molar-refractivity contribution in [3.63, 3.8) is 0 Å². The number of methoxy groups -OCH3 is 1. The molecule has 34 heavy (non-hydrogen) atoms. The van der Waals surface area contributed by atoms with Crippen LogP contribution < -0.4 is 4.90 Å². The number of amides is 1. The molecule has 3 aromatic rings. The highest BCUT2D eigenvalue weighted by Gasteiger charge is 2.45. The monoisotopic (exact) mass is 538 g/mol. The molecule has 2 heterocycles. The first-order valence-corrected chi connectivity index (χ1v) is 11.8. The average Bonchev–Trinajstić information content (AvgIpc) is 3.34. The third-order valence-electron chi connectivity index (χ3n) is 5.23. The van der Waals surface area contributed by atoms with Gasteiger partial charge in [-0.1, -0.05) is 75.8 Å². The summed E-state index contributed by atoms with van der Waals surface area (Å²) in [7, 11) is 1.26. The molecule has 1 aliphatic heterocycles. The maximum absolute atomic E-state index is 13.3. The predicted octanol–water partition coefficient (Wildman–Crippen LogP) is 5.18. The highest BCUT2D eigenvalue weighted by molar-refractivity contribution is 9.10. The summed E-state index contributed by atoms with van der Waals surface area (Å²) in [5.41, 5.74) is 1.71. The van der Waals surface area contributed by atoms with E-state index in [0.29, 0.717) is 11.3 Å². The number of allylic oxidation sites excluding steroid dienone is 1. The summed E-state index contributed by atoms with van der Waals surface area (Å²) in [5, 5.41) is 11.0. The van der Waals surface area contributed by atoms with Gasteiger partial charge in [-0.2, -0.15) is 0 Å². The smallest absolute Gasteiger partial charge is 0.350 e. The number of esters is 1. The zero-order valence-corrected chi connectivity index (χ0v) is 20.6. The highest BCUT2D eigenvalue weighted by Crippen LogP contribution is 2.43. The zero-order valence-electron chi connectivity index (χ0n) is 18.2. The molecule has 7 nitrogen and oxygen atoms in total. The van der Waals surface area contributed by atoms with Crippen molar-refractivity contribution < 1.29 is 24.2 Å².